The van der Waals surface area contributed by atoms with E-state index in [4.69, 9.17) is 17.3 Å². The maximum Gasteiger partial charge on any atom is 0.267 e. The Kier molecular flexibility index (Phi) is 4.05. The Bertz CT molecular complexity index is 847. The first-order valence-electron chi connectivity index (χ1n) is 6.09. The Morgan fingerprint density at radius 3 is 2.81 bits per heavy atom. The molecule has 3 rings (SSSR count). The Morgan fingerprint density at radius 2 is 2.05 bits per heavy atom. The third kappa shape index (κ3) is 3.00. The first kappa shape index (κ1) is 14.6. The Labute approximate surface area is 144 Å². The summed E-state index contributed by atoms with van der Waals surface area (Å²) < 4.78 is 1.97. The second-order valence-corrected chi connectivity index (χ2v) is 7.18. The first-order valence-corrected chi connectivity index (χ1v) is 8.36. The molecule has 0 atom stereocenters. The fourth-order valence-corrected chi connectivity index (χ4v) is 3.85. The van der Waals surface area contributed by atoms with E-state index in [1.54, 1.807) is 6.07 Å². The van der Waals surface area contributed by atoms with Crippen LogP contribution in [-0.4, -0.2) is 5.91 Å². The lowest BCUT2D eigenvalue weighted by molar-refractivity contribution is 0.103. The molecule has 1 aromatic heterocycles. The molecule has 0 aliphatic rings. The van der Waals surface area contributed by atoms with Crippen LogP contribution in [0, 0.1) is 3.57 Å². The maximum absolute atomic E-state index is 12.4. The molecule has 0 unspecified atom stereocenters. The van der Waals surface area contributed by atoms with Crippen LogP contribution in [0.5, 0.6) is 0 Å². The minimum Gasteiger partial charge on any atom is -0.397 e. The summed E-state index contributed by atoms with van der Waals surface area (Å²) in [6.07, 6.45) is 0. The normalized spacial score (nSPS) is 10.8. The van der Waals surface area contributed by atoms with Gasteiger partial charge in [-0.3, -0.25) is 4.79 Å². The van der Waals surface area contributed by atoms with Gasteiger partial charge in [-0.15, -0.1) is 11.3 Å². The predicted octanol–water partition coefficient (Wildman–Crippen LogP) is 4.99. The van der Waals surface area contributed by atoms with E-state index in [1.165, 1.54) is 11.3 Å². The number of hydrogen-bond donors (Lipinski definition) is 2. The first-order chi connectivity index (χ1) is 10.0. The molecule has 1 amide bonds. The Hall–Kier alpha value is -1.31. The van der Waals surface area contributed by atoms with Gasteiger partial charge in [0.05, 0.1) is 5.69 Å². The molecule has 106 valence electrons. The summed E-state index contributed by atoms with van der Waals surface area (Å²) >= 11 is 9.52. The number of nitrogen functional groups attached to an aromatic ring is 1. The predicted molar refractivity (Wildman–Crippen MR) is 98.4 cm³/mol. The molecule has 3 aromatic rings. The topological polar surface area (TPSA) is 55.1 Å². The van der Waals surface area contributed by atoms with Crippen LogP contribution in [0.15, 0.2) is 42.5 Å². The molecule has 0 spiro atoms. The number of anilines is 2. The van der Waals surface area contributed by atoms with Crippen molar-refractivity contribution >= 4 is 72.9 Å². The fourth-order valence-electron chi connectivity index (χ4n) is 2.01. The molecule has 1 heterocycles. The molecular weight excluding hydrogens is 419 g/mol. The van der Waals surface area contributed by atoms with Crippen LogP contribution >= 0.6 is 45.5 Å². The number of nitrogens with one attached hydrogen (secondary N) is 1. The number of amides is 1. The molecule has 3 nitrogen and oxygen atoms in total. The van der Waals surface area contributed by atoms with Crippen molar-refractivity contribution in [3.8, 4) is 0 Å². The average Bonchev–Trinajstić information content (AvgIpc) is 2.75. The summed E-state index contributed by atoms with van der Waals surface area (Å²) in [7, 11) is 0. The summed E-state index contributed by atoms with van der Waals surface area (Å²) in [6, 6.07) is 13.0. The Balaban J connectivity index is 1.96. The number of benzene rings is 2. The van der Waals surface area contributed by atoms with E-state index >= 15 is 0 Å². The number of thiophene rings is 1. The SMILES string of the molecule is Nc1c(C(=O)Nc2cccc(I)c2)sc2cc(Cl)ccc12. The second-order valence-electron chi connectivity index (χ2n) is 4.45. The molecule has 0 bridgehead atoms. The molecule has 0 radical (unpaired) electrons. The molecule has 0 saturated carbocycles. The van der Waals surface area contributed by atoms with E-state index in [0.29, 0.717) is 15.6 Å². The van der Waals surface area contributed by atoms with Gasteiger partial charge in [-0.25, -0.2) is 0 Å². The molecule has 3 N–H and O–H groups in total. The average molecular weight is 429 g/mol. The van der Waals surface area contributed by atoms with Crippen molar-refractivity contribution in [3.05, 3.63) is 55.9 Å². The zero-order chi connectivity index (χ0) is 15.0. The van der Waals surface area contributed by atoms with E-state index in [2.05, 4.69) is 27.9 Å². The minimum absolute atomic E-state index is 0.202. The lowest BCUT2D eigenvalue weighted by Crippen LogP contribution is -2.11. The summed E-state index contributed by atoms with van der Waals surface area (Å²) in [4.78, 5) is 12.9. The van der Waals surface area contributed by atoms with Crippen LogP contribution < -0.4 is 11.1 Å². The number of nitrogens with two attached hydrogens (primary N) is 1. The van der Waals surface area contributed by atoms with Gasteiger partial charge >= 0.3 is 0 Å². The van der Waals surface area contributed by atoms with Crippen LogP contribution in [-0.2, 0) is 0 Å². The standard InChI is InChI=1S/C15H10ClIN2OS/c16-8-4-5-11-12(6-8)21-14(13(11)18)15(20)19-10-3-1-2-9(17)7-10/h1-7H,18H2,(H,19,20). The van der Waals surface area contributed by atoms with Gasteiger partial charge in [0.1, 0.15) is 4.88 Å². The third-order valence-electron chi connectivity index (χ3n) is 2.98. The molecular formula is C15H10ClIN2OS. The number of fused-ring (bicyclic) bond motifs is 1. The number of carbonyl (C=O) groups excluding carboxylic acids is 1. The van der Waals surface area contributed by atoms with Gasteiger partial charge < -0.3 is 11.1 Å². The van der Waals surface area contributed by atoms with Gasteiger partial charge in [-0.2, -0.15) is 0 Å². The van der Waals surface area contributed by atoms with E-state index in [9.17, 15) is 4.79 Å². The van der Waals surface area contributed by atoms with Crippen LogP contribution in [0.3, 0.4) is 0 Å². The van der Waals surface area contributed by atoms with Crippen LogP contribution in [0.4, 0.5) is 11.4 Å². The van der Waals surface area contributed by atoms with Crippen molar-refractivity contribution < 1.29 is 4.79 Å². The van der Waals surface area contributed by atoms with Gasteiger partial charge in [0.25, 0.3) is 5.91 Å². The van der Waals surface area contributed by atoms with Crippen LogP contribution in [0.25, 0.3) is 10.1 Å². The summed E-state index contributed by atoms with van der Waals surface area (Å²) in [5.41, 5.74) is 7.33. The molecule has 21 heavy (non-hydrogen) atoms. The van der Waals surface area contributed by atoms with Gasteiger partial charge in [-0.1, -0.05) is 17.7 Å². The fraction of sp³-hybridized carbons (Fsp3) is 0. The molecule has 0 aliphatic heterocycles. The van der Waals surface area contributed by atoms with Crippen LogP contribution in [0.2, 0.25) is 5.02 Å². The maximum atomic E-state index is 12.4. The summed E-state index contributed by atoms with van der Waals surface area (Å²) in [6.45, 7) is 0. The van der Waals surface area contributed by atoms with Crippen molar-refractivity contribution in [1.82, 2.24) is 0 Å². The highest BCUT2D eigenvalue weighted by Gasteiger charge is 2.16. The smallest absolute Gasteiger partial charge is 0.267 e. The van der Waals surface area contributed by atoms with Crippen molar-refractivity contribution in [2.75, 3.05) is 11.1 Å². The van der Waals surface area contributed by atoms with E-state index in [1.807, 2.05) is 36.4 Å². The van der Waals surface area contributed by atoms with Crippen molar-refractivity contribution in [1.29, 1.82) is 0 Å². The largest absolute Gasteiger partial charge is 0.397 e. The molecule has 6 heteroatoms. The highest BCUT2D eigenvalue weighted by molar-refractivity contribution is 14.1. The Morgan fingerprint density at radius 1 is 1.24 bits per heavy atom. The highest BCUT2D eigenvalue weighted by Crippen LogP contribution is 2.35. The van der Waals surface area contributed by atoms with Gasteiger partial charge in [0.15, 0.2) is 0 Å². The second kappa shape index (κ2) is 5.82. The molecule has 2 aromatic carbocycles. The number of carbonyl (C=O) groups is 1. The number of rotatable bonds is 2. The van der Waals surface area contributed by atoms with E-state index in [0.717, 1.165) is 19.3 Å². The van der Waals surface area contributed by atoms with E-state index in [-0.39, 0.29) is 5.91 Å². The molecule has 0 aliphatic carbocycles. The quantitative estimate of drug-likeness (QED) is 0.565. The van der Waals surface area contributed by atoms with Gasteiger partial charge in [0, 0.05) is 24.4 Å². The van der Waals surface area contributed by atoms with Gasteiger partial charge in [0.2, 0.25) is 0 Å². The number of hydrogen-bond acceptors (Lipinski definition) is 3. The highest BCUT2D eigenvalue weighted by atomic mass is 127. The van der Waals surface area contributed by atoms with Gasteiger partial charge in [-0.05, 0) is 59.0 Å². The lowest BCUT2D eigenvalue weighted by Gasteiger charge is -2.04. The third-order valence-corrected chi connectivity index (χ3v) is 5.05. The zero-order valence-corrected chi connectivity index (χ0v) is 14.4. The zero-order valence-electron chi connectivity index (χ0n) is 10.7. The minimum atomic E-state index is -0.202. The lowest BCUT2D eigenvalue weighted by atomic mass is 10.2. The monoisotopic (exact) mass is 428 g/mol. The molecule has 0 fully saturated rings. The summed E-state index contributed by atoms with van der Waals surface area (Å²) in [5, 5.41) is 4.36. The van der Waals surface area contributed by atoms with Crippen molar-refractivity contribution in [2.45, 2.75) is 0 Å². The van der Waals surface area contributed by atoms with Crippen molar-refractivity contribution in [3.63, 3.8) is 0 Å². The van der Waals surface area contributed by atoms with E-state index < -0.39 is 0 Å². The molecule has 0 saturated heterocycles. The number of halogens is 2. The van der Waals surface area contributed by atoms with Crippen LogP contribution in [0.1, 0.15) is 9.67 Å². The summed E-state index contributed by atoms with van der Waals surface area (Å²) in [5.74, 6) is -0.202. The van der Waals surface area contributed by atoms with Crippen molar-refractivity contribution in [2.24, 2.45) is 0 Å².